The van der Waals surface area contributed by atoms with E-state index in [0.717, 1.165) is 18.1 Å². The second-order valence-electron chi connectivity index (χ2n) is 3.70. The highest BCUT2D eigenvalue weighted by Gasteiger charge is 2.26. The van der Waals surface area contributed by atoms with Crippen molar-refractivity contribution in [3.8, 4) is 11.5 Å². The van der Waals surface area contributed by atoms with E-state index in [4.69, 9.17) is 0 Å². The van der Waals surface area contributed by atoms with Gasteiger partial charge in [-0.15, -0.1) is 25.3 Å². The molecular weight excluding hydrogens is 200 g/mol. The highest BCUT2D eigenvalue weighted by Crippen LogP contribution is 2.21. The Kier molecular flexibility index (Phi) is 6.77. The van der Waals surface area contributed by atoms with Gasteiger partial charge in [-0.05, 0) is 25.1 Å². The SMILES string of the molecule is C=CC[Si](C#C[C@@H](C)O)(CC=C)CC=C. The average Bonchev–Trinajstić information content (AvgIpc) is 2.16. The van der Waals surface area contributed by atoms with E-state index in [1.807, 2.05) is 18.2 Å². The molecule has 0 spiro atoms. The van der Waals surface area contributed by atoms with Crippen LogP contribution in [0.25, 0.3) is 0 Å². The molecule has 1 atom stereocenters. The molecule has 1 N–H and O–H groups in total. The first-order valence-corrected chi connectivity index (χ1v) is 7.76. The van der Waals surface area contributed by atoms with Crippen LogP contribution in [0.15, 0.2) is 38.0 Å². The summed E-state index contributed by atoms with van der Waals surface area (Å²) in [4.78, 5) is 0. The van der Waals surface area contributed by atoms with Crippen LogP contribution < -0.4 is 0 Å². The molecule has 0 bridgehead atoms. The fraction of sp³-hybridized carbons (Fsp3) is 0.385. The summed E-state index contributed by atoms with van der Waals surface area (Å²) in [5, 5.41) is 9.19. The lowest BCUT2D eigenvalue weighted by molar-refractivity contribution is 0.253. The molecule has 0 radical (unpaired) electrons. The van der Waals surface area contributed by atoms with Crippen LogP contribution in [0.3, 0.4) is 0 Å². The van der Waals surface area contributed by atoms with Gasteiger partial charge in [-0.1, -0.05) is 24.1 Å². The monoisotopic (exact) mass is 220 g/mol. The minimum absolute atomic E-state index is 0.559. The zero-order valence-corrected chi connectivity index (χ0v) is 10.5. The zero-order valence-electron chi connectivity index (χ0n) is 9.50. The molecule has 82 valence electrons. The Labute approximate surface area is 94.2 Å². The van der Waals surface area contributed by atoms with Crippen molar-refractivity contribution in [2.45, 2.75) is 31.2 Å². The van der Waals surface area contributed by atoms with Crippen molar-refractivity contribution in [3.05, 3.63) is 38.0 Å². The molecule has 0 amide bonds. The molecule has 0 aromatic carbocycles. The molecule has 0 fully saturated rings. The second kappa shape index (κ2) is 7.28. The first-order valence-electron chi connectivity index (χ1n) is 5.13. The standard InChI is InChI=1S/C13H20OSi/c1-5-9-15(10-6-2,11-7-3)12-8-13(4)14/h5-7,13-14H,1-3,9-11H2,4H3/t13-/m1/s1. The van der Waals surface area contributed by atoms with Crippen LogP contribution in [0.5, 0.6) is 0 Å². The van der Waals surface area contributed by atoms with Gasteiger partial charge in [0.2, 0.25) is 0 Å². The molecule has 2 heteroatoms. The lowest BCUT2D eigenvalue weighted by Gasteiger charge is -2.21. The van der Waals surface area contributed by atoms with Gasteiger partial charge in [-0.2, -0.15) is 0 Å². The van der Waals surface area contributed by atoms with E-state index in [9.17, 15) is 5.11 Å². The van der Waals surface area contributed by atoms with Gasteiger partial charge in [-0.25, -0.2) is 0 Å². The summed E-state index contributed by atoms with van der Waals surface area (Å²) in [6, 6.07) is 2.76. The average molecular weight is 220 g/mol. The molecule has 15 heavy (non-hydrogen) atoms. The smallest absolute Gasteiger partial charge is 0.149 e. The second-order valence-corrected chi connectivity index (χ2v) is 7.74. The van der Waals surface area contributed by atoms with Crippen LogP contribution in [-0.4, -0.2) is 19.3 Å². The number of hydrogen-bond acceptors (Lipinski definition) is 1. The van der Waals surface area contributed by atoms with Crippen LogP contribution in [0.2, 0.25) is 18.1 Å². The molecular formula is C13H20OSi. The minimum atomic E-state index is -1.73. The zero-order chi connectivity index (χ0) is 11.7. The van der Waals surface area contributed by atoms with Gasteiger partial charge >= 0.3 is 0 Å². The quantitative estimate of drug-likeness (QED) is 0.414. The number of hydrogen-bond donors (Lipinski definition) is 1. The number of aliphatic hydroxyl groups is 1. The van der Waals surface area contributed by atoms with E-state index >= 15 is 0 Å². The minimum Gasteiger partial charge on any atom is -0.381 e. The Morgan fingerprint density at radius 2 is 1.53 bits per heavy atom. The molecule has 0 aliphatic rings. The fourth-order valence-electron chi connectivity index (χ4n) is 1.49. The van der Waals surface area contributed by atoms with Crippen molar-refractivity contribution in [2.24, 2.45) is 0 Å². The molecule has 0 aromatic heterocycles. The first-order chi connectivity index (χ1) is 7.10. The summed E-state index contributed by atoms with van der Waals surface area (Å²) >= 11 is 0. The van der Waals surface area contributed by atoms with E-state index < -0.39 is 14.2 Å². The Balaban J connectivity index is 4.92. The van der Waals surface area contributed by atoms with Gasteiger partial charge < -0.3 is 5.11 Å². The summed E-state index contributed by atoms with van der Waals surface area (Å²) in [6.07, 6.45) is 5.18. The van der Waals surface area contributed by atoms with Crippen molar-refractivity contribution in [1.29, 1.82) is 0 Å². The van der Waals surface area contributed by atoms with Gasteiger partial charge in [0.1, 0.15) is 14.2 Å². The molecule has 1 nitrogen and oxygen atoms in total. The third-order valence-corrected chi connectivity index (χ3v) is 6.04. The molecule has 0 saturated heterocycles. The van der Waals surface area contributed by atoms with Gasteiger partial charge in [0.05, 0.1) is 0 Å². The van der Waals surface area contributed by atoms with Gasteiger partial charge in [-0.3, -0.25) is 0 Å². The predicted octanol–water partition coefficient (Wildman–Crippen LogP) is 2.92. The Morgan fingerprint density at radius 3 is 1.80 bits per heavy atom. The van der Waals surface area contributed by atoms with E-state index in [-0.39, 0.29) is 0 Å². The van der Waals surface area contributed by atoms with Crippen molar-refractivity contribution in [3.63, 3.8) is 0 Å². The number of aliphatic hydroxyl groups excluding tert-OH is 1. The maximum Gasteiger partial charge on any atom is 0.149 e. The normalized spacial score (nSPS) is 12.1. The predicted molar refractivity (Wildman–Crippen MR) is 70.2 cm³/mol. The molecule has 0 aromatic rings. The van der Waals surface area contributed by atoms with Crippen LogP contribution in [0, 0.1) is 11.5 Å². The van der Waals surface area contributed by atoms with Gasteiger partial charge in [0.15, 0.2) is 0 Å². The van der Waals surface area contributed by atoms with Crippen LogP contribution in [-0.2, 0) is 0 Å². The molecule has 0 unspecified atom stereocenters. The van der Waals surface area contributed by atoms with Crippen molar-refractivity contribution >= 4 is 8.07 Å². The molecule has 0 saturated carbocycles. The van der Waals surface area contributed by atoms with Gasteiger partial charge in [0.25, 0.3) is 0 Å². The Hall–Kier alpha value is -1.04. The van der Waals surface area contributed by atoms with Crippen LogP contribution in [0.1, 0.15) is 6.92 Å². The largest absolute Gasteiger partial charge is 0.381 e. The Bertz CT molecular complexity index is 254. The number of allylic oxidation sites excluding steroid dienone is 3. The molecule has 0 heterocycles. The third kappa shape index (κ3) is 5.41. The Morgan fingerprint density at radius 1 is 1.13 bits per heavy atom. The van der Waals surface area contributed by atoms with E-state index in [0.29, 0.717) is 0 Å². The van der Waals surface area contributed by atoms with Crippen molar-refractivity contribution in [1.82, 2.24) is 0 Å². The van der Waals surface area contributed by atoms with Crippen LogP contribution >= 0.6 is 0 Å². The summed E-state index contributed by atoms with van der Waals surface area (Å²) in [6.45, 7) is 13.0. The molecule has 0 aliphatic carbocycles. The molecule has 0 rings (SSSR count). The van der Waals surface area contributed by atoms with Crippen molar-refractivity contribution in [2.75, 3.05) is 0 Å². The van der Waals surface area contributed by atoms with Crippen LogP contribution in [0.4, 0.5) is 0 Å². The lowest BCUT2D eigenvalue weighted by atomic mass is 10.4. The fourth-order valence-corrected chi connectivity index (χ4v) is 4.47. The summed E-state index contributed by atoms with van der Waals surface area (Å²) < 4.78 is 0. The topological polar surface area (TPSA) is 20.2 Å². The first kappa shape index (κ1) is 14.0. The number of rotatable bonds is 6. The maximum absolute atomic E-state index is 9.19. The summed E-state index contributed by atoms with van der Waals surface area (Å²) in [7, 11) is -1.73. The molecule has 0 aliphatic heterocycles. The van der Waals surface area contributed by atoms with Gasteiger partial charge in [0, 0.05) is 0 Å². The maximum atomic E-state index is 9.19. The summed E-state index contributed by atoms with van der Waals surface area (Å²) in [5.41, 5.74) is 3.26. The van der Waals surface area contributed by atoms with E-state index in [2.05, 4.69) is 31.2 Å². The van der Waals surface area contributed by atoms with E-state index in [1.165, 1.54) is 0 Å². The van der Waals surface area contributed by atoms with E-state index in [1.54, 1.807) is 6.92 Å². The summed E-state index contributed by atoms with van der Waals surface area (Å²) in [5.74, 6) is 2.86. The lowest BCUT2D eigenvalue weighted by Crippen LogP contribution is -2.30. The highest BCUT2D eigenvalue weighted by molar-refractivity contribution is 6.88. The third-order valence-electron chi connectivity index (χ3n) is 2.15. The van der Waals surface area contributed by atoms with Crippen molar-refractivity contribution < 1.29 is 5.11 Å². The highest BCUT2D eigenvalue weighted by atomic mass is 28.3.